The molecule has 0 radical (unpaired) electrons. The summed E-state index contributed by atoms with van der Waals surface area (Å²) in [5, 5.41) is 12.9. The first-order chi connectivity index (χ1) is 10.2. The lowest BCUT2D eigenvalue weighted by molar-refractivity contribution is 0.153. The Morgan fingerprint density at radius 1 is 1.27 bits per heavy atom. The van der Waals surface area contributed by atoms with Gasteiger partial charge in [-0.25, -0.2) is 4.39 Å². The van der Waals surface area contributed by atoms with Crippen molar-refractivity contribution in [1.82, 2.24) is 15.2 Å². The third-order valence-corrected chi connectivity index (χ3v) is 3.77. The van der Waals surface area contributed by atoms with E-state index in [2.05, 4.69) is 15.2 Å². The Hall–Kier alpha value is -1.69. The third kappa shape index (κ3) is 3.94. The second-order valence-corrected chi connectivity index (χ2v) is 5.29. The highest BCUT2D eigenvalue weighted by atomic mass is 35.5. The minimum absolute atomic E-state index is 0. The van der Waals surface area contributed by atoms with Gasteiger partial charge in [-0.2, -0.15) is 0 Å². The molecular formula is C16H19ClFN3O. The molecule has 1 aromatic heterocycles. The van der Waals surface area contributed by atoms with E-state index in [-0.39, 0.29) is 24.2 Å². The first-order valence-electron chi connectivity index (χ1n) is 7.05. The Kier molecular flexibility index (Phi) is 5.71. The molecule has 0 spiro atoms. The van der Waals surface area contributed by atoms with Gasteiger partial charge < -0.3 is 10.4 Å². The van der Waals surface area contributed by atoms with E-state index in [1.54, 1.807) is 18.5 Å². The van der Waals surface area contributed by atoms with Crippen LogP contribution in [0.15, 0.2) is 42.7 Å². The summed E-state index contributed by atoms with van der Waals surface area (Å²) in [5.41, 5.74) is 1.98. The van der Waals surface area contributed by atoms with Crippen LogP contribution in [0.25, 0.3) is 0 Å². The molecule has 2 N–H and O–H groups in total. The predicted octanol–water partition coefficient (Wildman–Crippen LogP) is 2.49. The van der Waals surface area contributed by atoms with Gasteiger partial charge in [0.15, 0.2) is 0 Å². The van der Waals surface area contributed by atoms with Gasteiger partial charge in [0.05, 0.1) is 0 Å². The first kappa shape index (κ1) is 16.7. The van der Waals surface area contributed by atoms with Crippen molar-refractivity contribution < 1.29 is 9.50 Å². The zero-order valence-electron chi connectivity index (χ0n) is 12.1. The molecule has 0 aliphatic carbocycles. The monoisotopic (exact) mass is 323 g/mol. The van der Waals surface area contributed by atoms with Crippen molar-refractivity contribution in [3.05, 3.63) is 59.7 Å². The van der Waals surface area contributed by atoms with Gasteiger partial charge in [0.1, 0.15) is 11.6 Å². The van der Waals surface area contributed by atoms with Gasteiger partial charge in [-0.15, -0.1) is 12.4 Å². The highest BCUT2D eigenvalue weighted by Gasteiger charge is 2.23. The van der Waals surface area contributed by atoms with Crippen molar-refractivity contribution in [3.8, 4) is 5.75 Å². The van der Waals surface area contributed by atoms with Crippen LogP contribution in [-0.4, -0.2) is 34.6 Å². The van der Waals surface area contributed by atoms with Crippen LogP contribution in [0, 0.1) is 5.82 Å². The molecule has 1 unspecified atom stereocenters. The van der Waals surface area contributed by atoms with Crippen molar-refractivity contribution in [1.29, 1.82) is 0 Å². The summed E-state index contributed by atoms with van der Waals surface area (Å²) in [5.74, 6) is -0.429. The number of pyridine rings is 1. The molecule has 118 valence electrons. The smallest absolute Gasteiger partial charge is 0.127 e. The number of aromatic nitrogens is 1. The number of nitrogens with one attached hydrogen (secondary N) is 1. The van der Waals surface area contributed by atoms with Gasteiger partial charge in [0.25, 0.3) is 0 Å². The number of nitrogens with zero attached hydrogens (tertiary/aromatic N) is 2. The summed E-state index contributed by atoms with van der Waals surface area (Å²) in [7, 11) is 0. The molecule has 6 heteroatoms. The van der Waals surface area contributed by atoms with Gasteiger partial charge in [-0.1, -0.05) is 0 Å². The molecule has 1 aliphatic heterocycles. The number of hydrogen-bond acceptors (Lipinski definition) is 4. The van der Waals surface area contributed by atoms with E-state index < -0.39 is 5.82 Å². The minimum Gasteiger partial charge on any atom is -0.508 e. The molecule has 3 rings (SSSR count). The van der Waals surface area contributed by atoms with E-state index in [4.69, 9.17) is 0 Å². The highest BCUT2D eigenvalue weighted by Crippen LogP contribution is 2.25. The summed E-state index contributed by atoms with van der Waals surface area (Å²) in [6.07, 6.45) is 3.58. The van der Waals surface area contributed by atoms with Crippen LogP contribution in [-0.2, 0) is 6.54 Å². The maximum Gasteiger partial charge on any atom is 0.127 e. The Bertz CT molecular complexity index is 591. The summed E-state index contributed by atoms with van der Waals surface area (Å²) in [4.78, 5) is 6.34. The lowest BCUT2D eigenvalue weighted by atomic mass is 10.0. The van der Waals surface area contributed by atoms with Crippen LogP contribution in [0.4, 0.5) is 4.39 Å². The van der Waals surface area contributed by atoms with Gasteiger partial charge in [0, 0.05) is 50.7 Å². The Morgan fingerprint density at radius 2 is 2.05 bits per heavy atom. The summed E-state index contributed by atoms with van der Waals surface area (Å²) in [6, 6.07) is 8.47. The van der Waals surface area contributed by atoms with E-state index in [0.29, 0.717) is 6.54 Å². The largest absolute Gasteiger partial charge is 0.508 e. The van der Waals surface area contributed by atoms with Crippen molar-refractivity contribution in [2.24, 2.45) is 0 Å². The second-order valence-electron chi connectivity index (χ2n) is 5.29. The van der Waals surface area contributed by atoms with Crippen LogP contribution in [0.3, 0.4) is 0 Å². The average Bonchev–Trinajstić information content (AvgIpc) is 2.48. The van der Waals surface area contributed by atoms with Crippen LogP contribution >= 0.6 is 12.4 Å². The fraction of sp³-hybridized carbons (Fsp3) is 0.312. The van der Waals surface area contributed by atoms with Gasteiger partial charge >= 0.3 is 0 Å². The second kappa shape index (κ2) is 7.54. The van der Waals surface area contributed by atoms with Gasteiger partial charge in [-0.05, 0) is 35.4 Å². The molecule has 4 nitrogen and oxygen atoms in total. The van der Waals surface area contributed by atoms with E-state index in [1.165, 1.54) is 11.6 Å². The number of benzene rings is 1. The zero-order valence-corrected chi connectivity index (χ0v) is 12.9. The Morgan fingerprint density at radius 3 is 2.77 bits per heavy atom. The van der Waals surface area contributed by atoms with Crippen LogP contribution in [0.2, 0.25) is 0 Å². The average molecular weight is 324 g/mol. The van der Waals surface area contributed by atoms with E-state index in [1.807, 2.05) is 12.1 Å². The number of piperazine rings is 1. The van der Waals surface area contributed by atoms with Crippen molar-refractivity contribution in [2.75, 3.05) is 19.6 Å². The fourth-order valence-corrected chi connectivity index (χ4v) is 2.81. The van der Waals surface area contributed by atoms with Crippen molar-refractivity contribution >= 4 is 12.4 Å². The number of aromatic hydroxyl groups is 1. The molecule has 1 aliphatic rings. The number of phenolic OH excluding ortho intramolecular Hbond substituents is 1. The quantitative estimate of drug-likeness (QED) is 0.911. The SMILES string of the molecule is Cl.Oc1cc(F)cc(CN2CCNCC2c2ccncc2)c1. The number of hydrogen-bond donors (Lipinski definition) is 2. The standard InChI is InChI=1S/C16H18FN3O.ClH/c17-14-7-12(8-15(21)9-14)11-20-6-5-19-10-16(20)13-1-3-18-4-2-13;/h1-4,7-9,16,19,21H,5-6,10-11H2;1H. The van der Waals surface area contributed by atoms with Crippen molar-refractivity contribution in [2.45, 2.75) is 12.6 Å². The molecule has 1 aromatic carbocycles. The normalized spacial score (nSPS) is 18.7. The lowest BCUT2D eigenvalue weighted by Gasteiger charge is -2.36. The minimum atomic E-state index is -0.402. The third-order valence-electron chi connectivity index (χ3n) is 3.77. The first-order valence-corrected chi connectivity index (χ1v) is 7.05. The van der Waals surface area contributed by atoms with E-state index in [0.717, 1.165) is 31.3 Å². The molecule has 1 atom stereocenters. The number of phenols is 1. The molecule has 0 bridgehead atoms. The lowest BCUT2D eigenvalue weighted by Crippen LogP contribution is -2.45. The Labute approximate surface area is 135 Å². The number of halogens is 2. The van der Waals surface area contributed by atoms with Crippen molar-refractivity contribution in [3.63, 3.8) is 0 Å². The van der Waals surface area contributed by atoms with E-state index >= 15 is 0 Å². The maximum atomic E-state index is 13.4. The van der Waals surface area contributed by atoms with Gasteiger partial charge in [0.2, 0.25) is 0 Å². The molecule has 2 aromatic rings. The number of rotatable bonds is 3. The van der Waals surface area contributed by atoms with Crippen LogP contribution in [0.5, 0.6) is 5.75 Å². The topological polar surface area (TPSA) is 48.4 Å². The molecule has 1 saturated heterocycles. The molecule has 0 saturated carbocycles. The molecular weight excluding hydrogens is 305 g/mol. The maximum absolute atomic E-state index is 13.4. The Balaban J connectivity index is 0.00000176. The fourth-order valence-electron chi connectivity index (χ4n) is 2.81. The van der Waals surface area contributed by atoms with Gasteiger partial charge in [-0.3, -0.25) is 9.88 Å². The van der Waals surface area contributed by atoms with E-state index in [9.17, 15) is 9.50 Å². The zero-order chi connectivity index (χ0) is 14.7. The summed E-state index contributed by atoms with van der Waals surface area (Å²) < 4.78 is 13.4. The summed E-state index contributed by atoms with van der Waals surface area (Å²) >= 11 is 0. The predicted molar refractivity (Wildman–Crippen MR) is 85.6 cm³/mol. The van der Waals surface area contributed by atoms with Crippen LogP contribution < -0.4 is 5.32 Å². The highest BCUT2D eigenvalue weighted by molar-refractivity contribution is 5.85. The molecule has 2 heterocycles. The summed E-state index contributed by atoms with van der Waals surface area (Å²) in [6.45, 7) is 3.25. The molecule has 22 heavy (non-hydrogen) atoms. The van der Waals surface area contributed by atoms with Crippen LogP contribution in [0.1, 0.15) is 17.2 Å². The molecule has 1 fully saturated rings. The molecule has 0 amide bonds.